The molecule has 0 aliphatic rings. The number of carbonyl (C=O) groups excluding carboxylic acids is 1. The lowest BCUT2D eigenvalue weighted by Gasteiger charge is -2.00. The first-order valence-electron chi connectivity index (χ1n) is 5.00. The van der Waals surface area contributed by atoms with E-state index in [9.17, 15) is 4.79 Å². The summed E-state index contributed by atoms with van der Waals surface area (Å²) < 4.78 is 1.84. The lowest BCUT2D eigenvalue weighted by Crippen LogP contribution is -2.00. The summed E-state index contributed by atoms with van der Waals surface area (Å²) in [5.41, 5.74) is 3.30. The first-order chi connectivity index (χ1) is 7.06. The van der Waals surface area contributed by atoms with Gasteiger partial charge in [-0.15, -0.1) is 6.42 Å². The number of carbonyl (C=O) groups is 1. The highest BCUT2D eigenvalue weighted by Crippen LogP contribution is 2.14. The number of aryl methyl sites for hydroxylation is 2. The smallest absolute Gasteiger partial charge is 0.145 e. The Morgan fingerprint density at radius 2 is 2.20 bits per heavy atom. The normalized spacial score (nSPS) is 10.0. The van der Waals surface area contributed by atoms with Crippen LogP contribution in [0.3, 0.4) is 0 Å². The zero-order valence-electron chi connectivity index (χ0n) is 9.50. The van der Waals surface area contributed by atoms with Crippen molar-refractivity contribution < 1.29 is 4.79 Å². The molecule has 1 aromatic rings. The Bertz CT molecular complexity index is 410. The second-order valence-corrected chi connectivity index (χ2v) is 3.69. The number of Topliss-reactive ketones (excluding diaryl/α,β-unsaturated/α-hetero) is 1. The van der Waals surface area contributed by atoms with E-state index in [1.54, 1.807) is 0 Å². The van der Waals surface area contributed by atoms with Gasteiger partial charge in [0.25, 0.3) is 0 Å². The monoisotopic (exact) mass is 204 g/mol. The molecule has 0 aromatic carbocycles. The molecule has 0 radical (unpaired) electrons. The number of ketones is 1. The van der Waals surface area contributed by atoms with Crippen molar-refractivity contribution in [3.8, 4) is 12.3 Å². The first kappa shape index (κ1) is 11.5. The standard InChI is InChI=1S/C12H16N2O/c1-5-6-11(15)7-8-12-9(2)13-14(4)10(12)3/h1H,6-8H2,2-4H3. The molecule has 3 nitrogen and oxygen atoms in total. The molecule has 0 saturated carbocycles. The predicted molar refractivity (Wildman–Crippen MR) is 59.5 cm³/mol. The van der Waals surface area contributed by atoms with Crippen molar-refractivity contribution in [1.29, 1.82) is 0 Å². The number of rotatable bonds is 4. The molecule has 0 amide bonds. The third kappa shape index (κ3) is 2.69. The van der Waals surface area contributed by atoms with E-state index in [-0.39, 0.29) is 12.2 Å². The molecule has 15 heavy (non-hydrogen) atoms. The maximum Gasteiger partial charge on any atom is 0.145 e. The van der Waals surface area contributed by atoms with Gasteiger partial charge in [-0.1, -0.05) is 5.92 Å². The highest BCUT2D eigenvalue weighted by molar-refractivity contribution is 5.80. The molecule has 0 saturated heterocycles. The lowest BCUT2D eigenvalue weighted by molar-refractivity contribution is -0.118. The van der Waals surface area contributed by atoms with Crippen molar-refractivity contribution in [2.75, 3.05) is 0 Å². The minimum absolute atomic E-state index is 0.125. The summed E-state index contributed by atoms with van der Waals surface area (Å²) in [6.45, 7) is 3.98. The molecule has 80 valence electrons. The molecule has 0 N–H and O–H groups in total. The van der Waals surface area contributed by atoms with E-state index in [1.165, 1.54) is 5.56 Å². The summed E-state index contributed by atoms with van der Waals surface area (Å²) in [4.78, 5) is 11.3. The van der Waals surface area contributed by atoms with Gasteiger partial charge in [0.05, 0.1) is 12.1 Å². The van der Waals surface area contributed by atoms with E-state index in [0.29, 0.717) is 6.42 Å². The summed E-state index contributed by atoms with van der Waals surface area (Å²) >= 11 is 0. The Balaban J connectivity index is 2.66. The predicted octanol–water partition coefficient (Wildman–Crippen LogP) is 1.56. The van der Waals surface area contributed by atoms with Crippen molar-refractivity contribution in [3.63, 3.8) is 0 Å². The van der Waals surface area contributed by atoms with Gasteiger partial charge in [0.2, 0.25) is 0 Å². The number of terminal acetylenes is 1. The minimum atomic E-state index is 0.125. The highest BCUT2D eigenvalue weighted by atomic mass is 16.1. The minimum Gasteiger partial charge on any atom is -0.299 e. The van der Waals surface area contributed by atoms with Crippen LogP contribution in [-0.2, 0) is 18.3 Å². The zero-order valence-corrected chi connectivity index (χ0v) is 9.50. The van der Waals surface area contributed by atoms with E-state index in [4.69, 9.17) is 6.42 Å². The summed E-state index contributed by atoms with van der Waals surface area (Å²) in [6, 6.07) is 0. The quantitative estimate of drug-likeness (QED) is 0.698. The van der Waals surface area contributed by atoms with Crippen LogP contribution in [0.1, 0.15) is 29.8 Å². The van der Waals surface area contributed by atoms with Gasteiger partial charge in [-0.2, -0.15) is 5.10 Å². The molecule has 0 aliphatic carbocycles. The fourth-order valence-electron chi connectivity index (χ4n) is 1.65. The highest BCUT2D eigenvalue weighted by Gasteiger charge is 2.10. The molecular weight excluding hydrogens is 188 g/mol. The van der Waals surface area contributed by atoms with Crippen molar-refractivity contribution >= 4 is 5.78 Å². The first-order valence-corrected chi connectivity index (χ1v) is 5.00. The van der Waals surface area contributed by atoms with Crippen molar-refractivity contribution in [2.45, 2.75) is 33.1 Å². The van der Waals surface area contributed by atoms with Gasteiger partial charge in [0.15, 0.2) is 0 Å². The summed E-state index contributed by atoms with van der Waals surface area (Å²) in [5, 5.41) is 4.30. The van der Waals surface area contributed by atoms with Crippen molar-refractivity contribution in [2.24, 2.45) is 7.05 Å². The molecule has 1 rings (SSSR count). The van der Waals surface area contributed by atoms with Crippen LogP contribution in [0.15, 0.2) is 0 Å². The lowest BCUT2D eigenvalue weighted by atomic mass is 10.0. The molecule has 0 atom stereocenters. The molecular formula is C12H16N2O. The Morgan fingerprint density at radius 3 is 2.67 bits per heavy atom. The van der Waals surface area contributed by atoms with Gasteiger partial charge in [-0.25, -0.2) is 0 Å². The van der Waals surface area contributed by atoms with Crippen molar-refractivity contribution in [3.05, 3.63) is 17.0 Å². The largest absolute Gasteiger partial charge is 0.299 e. The summed E-state index contributed by atoms with van der Waals surface area (Å²) in [5.74, 6) is 2.49. The fraction of sp³-hybridized carbons (Fsp3) is 0.500. The van der Waals surface area contributed by atoms with E-state index in [2.05, 4.69) is 11.0 Å². The Morgan fingerprint density at radius 1 is 1.53 bits per heavy atom. The van der Waals surface area contributed by atoms with Gasteiger partial charge < -0.3 is 0 Å². The Labute approximate surface area is 90.5 Å². The number of hydrogen-bond donors (Lipinski definition) is 0. The summed E-state index contributed by atoms with van der Waals surface area (Å²) in [7, 11) is 1.91. The molecule has 0 bridgehead atoms. The average Bonchev–Trinajstić information content (AvgIpc) is 2.40. The molecule has 1 heterocycles. The van der Waals surface area contributed by atoms with Gasteiger partial charge in [-0.3, -0.25) is 9.48 Å². The summed E-state index contributed by atoms with van der Waals surface area (Å²) in [6.07, 6.45) is 6.56. The van der Waals surface area contributed by atoms with E-state index in [0.717, 1.165) is 17.8 Å². The van der Waals surface area contributed by atoms with Crippen LogP contribution in [-0.4, -0.2) is 15.6 Å². The molecule has 0 aliphatic heterocycles. The zero-order chi connectivity index (χ0) is 11.4. The number of hydrogen-bond acceptors (Lipinski definition) is 2. The third-order valence-electron chi connectivity index (χ3n) is 2.61. The van der Waals surface area contributed by atoms with Crippen LogP contribution < -0.4 is 0 Å². The fourth-order valence-corrected chi connectivity index (χ4v) is 1.65. The number of aromatic nitrogens is 2. The SMILES string of the molecule is C#CCC(=O)CCc1c(C)nn(C)c1C. The van der Waals surface area contributed by atoms with Crippen LogP contribution in [0.25, 0.3) is 0 Å². The molecule has 0 spiro atoms. The van der Waals surface area contributed by atoms with E-state index in [1.807, 2.05) is 25.6 Å². The van der Waals surface area contributed by atoms with Crippen LogP contribution >= 0.6 is 0 Å². The third-order valence-corrected chi connectivity index (χ3v) is 2.61. The Kier molecular flexibility index (Phi) is 3.68. The van der Waals surface area contributed by atoms with Gasteiger partial charge >= 0.3 is 0 Å². The van der Waals surface area contributed by atoms with E-state index >= 15 is 0 Å². The Hall–Kier alpha value is -1.56. The van der Waals surface area contributed by atoms with E-state index < -0.39 is 0 Å². The second kappa shape index (κ2) is 4.79. The van der Waals surface area contributed by atoms with Crippen LogP contribution in [0.2, 0.25) is 0 Å². The molecule has 0 fully saturated rings. The van der Waals surface area contributed by atoms with Crippen LogP contribution in [0.5, 0.6) is 0 Å². The topological polar surface area (TPSA) is 34.9 Å². The van der Waals surface area contributed by atoms with Crippen LogP contribution in [0.4, 0.5) is 0 Å². The molecule has 3 heteroatoms. The van der Waals surface area contributed by atoms with Crippen LogP contribution in [0, 0.1) is 26.2 Å². The number of nitrogens with zero attached hydrogens (tertiary/aromatic N) is 2. The van der Waals surface area contributed by atoms with Gasteiger partial charge in [-0.05, 0) is 25.8 Å². The van der Waals surface area contributed by atoms with Gasteiger partial charge in [0, 0.05) is 19.2 Å². The van der Waals surface area contributed by atoms with Crippen molar-refractivity contribution in [1.82, 2.24) is 9.78 Å². The maximum absolute atomic E-state index is 11.3. The molecule has 1 aromatic heterocycles. The molecule has 0 unspecified atom stereocenters. The maximum atomic E-state index is 11.3. The van der Waals surface area contributed by atoms with Gasteiger partial charge in [0.1, 0.15) is 5.78 Å². The second-order valence-electron chi connectivity index (χ2n) is 3.69. The average molecular weight is 204 g/mol.